The maximum absolute atomic E-state index is 3.41. The molecule has 88 valence electrons. The molecule has 0 amide bonds. The van der Waals surface area contributed by atoms with Crippen LogP contribution in [0.25, 0.3) is 0 Å². The quantitative estimate of drug-likeness (QED) is 0.835. The molecule has 1 aliphatic heterocycles. The molecule has 0 aromatic heterocycles. The van der Waals surface area contributed by atoms with Crippen molar-refractivity contribution in [3.8, 4) is 0 Å². The first kappa shape index (κ1) is 11.5. The number of unbranched alkanes of at least 4 members (excludes halogenated alkanes) is 1. The monoisotopic (exact) mass is 218 g/mol. The average molecular weight is 218 g/mol. The van der Waals surface area contributed by atoms with Gasteiger partial charge in [0.05, 0.1) is 0 Å². The zero-order valence-electron chi connectivity index (χ0n) is 10.2. The average Bonchev–Trinajstić information content (AvgIpc) is 2.38. The fourth-order valence-corrected chi connectivity index (χ4v) is 2.30. The molecule has 16 heavy (non-hydrogen) atoms. The molecule has 0 atom stereocenters. The third-order valence-corrected chi connectivity index (χ3v) is 3.25. The smallest absolute Gasteiger partial charge is 0.0399 e. The Hall–Kier alpha value is -1.02. The van der Waals surface area contributed by atoms with Crippen LogP contribution in [0.4, 0.5) is 5.69 Å². The summed E-state index contributed by atoms with van der Waals surface area (Å²) in [5.41, 5.74) is 2.98. The van der Waals surface area contributed by atoms with E-state index in [0.717, 1.165) is 26.2 Å². The lowest BCUT2D eigenvalue weighted by atomic mass is 10.1. The topological polar surface area (TPSA) is 15.3 Å². The van der Waals surface area contributed by atoms with Crippen LogP contribution >= 0.6 is 0 Å². The number of benzene rings is 1. The fraction of sp³-hybridized carbons (Fsp3) is 0.571. The van der Waals surface area contributed by atoms with Gasteiger partial charge in [-0.05, 0) is 24.5 Å². The van der Waals surface area contributed by atoms with Gasteiger partial charge < -0.3 is 10.2 Å². The molecule has 1 N–H and O–H groups in total. The Labute approximate surface area is 98.7 Å². The largest absolute Gasteiger partial charge is 0.369 e. The number of para-hydroxylation sites is 1. The number of aryl methyl sites for hydroxylation is 1. The van der Waals surface area contributed by atoms with Gasteiger partial charge in [0.15, 0.2) is 0 Å². The summed E-state index contributed by atoms with van der Waals surface area (Å²) in [5, 5.41) is 3.41. The van der Waals surface area contributed by atoms with Gasteiger partial charge in [0.2, 0.25) is 0 Å². The van der Waals surface area contributed by atoms with E-state index in [1.54, 1.807) is 0 Å². The lowest BCUT2D eigenvalue weighted by molar-refractivity contribution is 0.587. The Morgan fingerprint density at radius 1 is 1.19 bits per heavy atom. The molecule has 1 saturated heterocycles. The summed E-state index contributed by atoms with van der Waals surface area (Å²) in [6.07, 6.45) is 3.79. The standard InChI is InChI=1S/C14H22N2/c1-2-3-6-13-7-4-5-8-14(13)16-11-9-15-10-12-16/h4-5,7-8,15H,2-3,6,9-12H2,1H3. The van der Waals surface area contributed by atoms with E-state index >= 15 is 0 Å². The Bertz CT molecular complexity index is 316. The van der Waals surface area contributed by atoms with Gasteiger partial charge in [-0.2, -0.15) is 0 Å². The van der Waals surface area contributed by atoms with E-state index < -0.39 is 0 Å². The van der Waals surface area contributed by atoms with Crippen molar-refractivity contribution in [2.75, 3.05) is 31.1 Å². The number of hydrogen-bond donors (Lipinski definition) is 1. The summed E-state index contributed by atoms with van der Waals surface area (Å²) in [6, 6.07) is 8.88. The van der Waals surface area contributed by atoms with Crippen molar-refractivity contribution in [3.63, 3.8) is 0 Å². The first-order valence-electron chi connectivity index (χ1n) is 6.45. The number of piperazine rings is 1. The predicted octanol–water partition coefficient (Wildman–Crippen LogP) is 2.44. The van der Waals surface area contributed by atoms with Gasteiger partial charge in [0.1, 0.15) is 0 Å². The highest BCUT2D eigenvalue weighted by atomic mass is 15.2. The SMILES string of the molecule is CCCCc1ccccc1N1CCNCC1. The van der Waals surface area contributed by atoms with E-state index in [4.69, 9.17) is 0 Å². The van der Waals surface area contributed by atoms with E-state index in [2.05, 4.69) is 41.4 Å². The number of nitrogens with one attached hydrogen (secondary N) is 1. The van der Waals surface area contributed by atoms with Crippen LogP contribution in [0.5, 0.6) is 0 Å². The Kier molecular flexibility index (Phi) is 4.23. The fourth-order valence-electron chi connectivity index (χ4n) is 2.30. The first-order valence-corrected chi connectivity index (χ1v) is 6.45. The van der Waals surface area contributed by atoms with Gasteiger partial charge in [0.25, 0.3) is 0 Å². The molecule has 0 bridgehead atoms. The molecule has 2 nitrogen and oxygen atoms in total. The molecule has 1 fully saturated rings. The van der Waals surface area contributed by atoms with Gasteiger partial charge in [0, 0.05) is 31.9 Å². The number of hydrogen-bond acceptors (Lipinski definition) is 2. The van der Waals surface area contributed by atoms with Gasteiger partial charge in [-0.15, -0.1) is 0 Å². The minimum Gasteiger partial charge on any atom is -0.369 e. The molecular weight excluding hydrogens is 196 g/mol. The van der Waals surface area contributed by atoms with Crippen molar-refractivity contribution in [1.82, 2.24) is 5.32 Å². The Balaban J connectivity index is 2.11. The van der Waals surface area contributed by atoms with Crippen LogP contribution in [-0.2, 0) is 6.42 Å². The van der Waals surface area contributed by atoms with Crippen molar-refractivity contribution < 1.29 is 0 Å². The minimum absolute atomic E-state index is 1.11. The Morgan fingerprint density at radius 3 is 2.69 bits per heavy atom. The maximum Gasteiger partial charge on any atom is 0.0399 e. The molecule has 1 aromatic rings. The molecule has 2 heteroatoms. The summed E-state index contributed by atoms with van der Waals surface area (Å²) < 4.78 is 0. The van der Waals surface area contributed by atoms with Gasteiger partial charge >= 0.3 is 0 Å². The van der Waals surface area contributed by atoms with Crippen molar-refractivity contribution in [2.24, 2.45) is 0 Å². The second-order valence-corrected chi connectivity index (χ2v) is 4.47. The molecule has 0 spiro atoms. The molecule has 0 unspecified atom stereocenters. The lowest BCUT2D eigenvalue weighted by Gasteiger charge is -2.31. The van der Waals surface area contributed by atoms with Gasteiger partial charge in [-0.1, -0.05) is 31.5 Å². The lowest BCUT2D eigenvalue weighted by Crippen LogP contribution is -2.43. The van der Waals surface area contributed by atoms with Crippen LogP contribution in [0.15, 0.2) is 24.3 Å². The van der Waals surface area contributed by atoms with Crippen molar-refractivity contribution in [3.05, 3.63) is 29.8 Å². The van der Waals surface area contributed by atoms with Crippen LogP contribution in [0.1, 0.15) is 25.3 Å². The van der Waals surface area contributed by atoms with Crippen molar-refractivity contribution in [1.29, 1.82) is 0 Å². The summed E-state index contributed by atoms with van der Waals surface area (Å²) in [6.45, 7) is 6.77. The van der Waals surface area contributed by atoms with E-state index in [1.807, 2.05) is 0 Å². The van der Waals surface area contributed by atoms with Crippen LogP contribution in [0, 0.1) is 0 Å². The molecule has 0 aliphatic carbocycles. The molecule has 1 aromatic carbocycles. The molecular formula is C14H22N2. The number of anilines is 1. The first-order chi connectivity index (χ1) is 7.92. The highest BCUT2D eigenvalue weighted by molar-refractivity contribution is 5.54. The van der Waals surface area contributed by atoms with E-state index in [0.29, 0.717) is 0 Å². The Morgan fingerprint density at radius 2 is 1.94 bits per heavy atom. The molecule has 1 aliphatic rings. The predicted molar refractivity (Wildman–Crippen MR) is 70.1 cm³/mol. The van der Waals surface area contributed by atoms with Crippen molar-refractivity contribution in [2.45, 2.75) is 26.2 Å². The molecule has 0 radical (unpaired) electrons. The minimum atomic E-state index is 1.11. The third kappa shape index (κ3) is 2.76. The number of rotatable bonds is 4. The zero-order valence-corrected chi connectivity index (χ0v) is 10.2. The molecule has 0 saturated carbocycles. The van der Waals surface area contributed by atoms with Crippen LogP contribution in [0.3, 0.4) is 0 Å². The van der Waals surface area contributed by atoms with E-state index in [1.165, 1.54) is 30.5 Å². The van der Waals surface area contributed by atoms with E-state index in [9.17, 15) is 0 Å². The maximum atomic E-state index is 3.41. The second-order valence-electron chi connectivity index (χ2n) is 4.47. The summed E-state index contributed by atoms with van der Waals surface area (Å²) >= 11 is 0. The van der Waals surface area contributed by atoms with Gasteiger partial charge in [-0.3, -0.25) is 0 Å². The third-order valence-electron chi connectivity index (χ3n) is 3.25. The summed E-state index contributed by atoms with van der Waals surface area (Å²) in [7, 11) is 0. The van der Waals surface area contributed by atoms with Crippen LogP contribution < -0.4 is 10.2 Å². The van der Waals surface area contributed by atoms with Crippen LogP contribution in [0.2, 0.25) is 0 Å². The summed E-state index contributed by atoms with van der Waals surface area (Å²) in [5.74, 6) is 0. The normalized spacial score (nSPS) is 16.4. The second kappa shape index (κ2) is 5.90. The van der Waals surface area contributed by atoms with Crippen molar-refractivity contribution >= 4 is 5.69 Å². The highest BCUT2D eigenvalue weighted by Crippen LogP contribution is 2.22. The van der Waals surface area contributed by atoms with E-state index in [-0.39, 0.29) is 0 Å². The molecule has 2 rings (SSSR count). The number of nitrogens with zero attached hydrogens (tertiary/aromatic N) is 1. The molecule has 1 heterocycles. The summed E-state index contributed by atoms with van der Waals surface area (Å²) in [4.78, 5) is 2.52. The highest BCUT2D eigenvalue weighted by Gasteiger charge is 2.12. The zero-order chi connectivity index (χ0) is 11.2. The van der Waals surface area contributed by atoms with Crippen LogP contribution in [-0.4, -0.2) is 26.2 Å². The van der Waals surface area contributed by atoms with Gasteiger partial charge in [-0.25, -0.2) is 0 Å².